The molecule has 0 amide bonds. The summed E-state index contributed by atoms with van der Waals surface area (Å²) in [5, 5.41) is 0.705. The van der Waals surface area contributed by atoms with E-state index in [1.54, 1.807) is 0 Å². The summed E-state index contributed by atoms with van der Waals surface area (Å²) in [6.07, 6.45) is 0. The van der Waals surface area contributed by atoms with Crippen LogP contribution in [0.1, 0.15) is 27.0 Å². The Labute approximate surface area is 150 Å². The van der Waals surface area contributed by atoms with Crippen molar-refractivity contribution in [2.24, 2.45) is 0 Å². The van der Waals surface area contributed by atoms with Crippen LogP contribution in [-0.2, 0) is 11.5 Å². The summed E-state index contributed by atoms with van der Waals surface area (Å²) in [6, 6.07) is 21.3. The van der Waals surface area contributed by atoms with Crippen LogP contribution < -0.4 is 0 Å². The number of carbonyl (C=O) groups is 1. The lowest BCUT2D eigenvalue weighted by Gasteiger charge is -2.14. The highest BCUT2D eigenvalue weighted by atomic mass is 35.5. The predicted molar refractivity (Wildman–Crippen MR) is 102 cm³/mol. The molecule has 0 radical (unpaired) electrons. The van der Waals surface area contributed by atoms with E-state index >= 15 is 0 Å². The molecule has 0 fully saturated rings. The molecule has 0 atom stereocenters. The number of hydrogen-bond acceptors (Lipinski definition) is 2. The molecule has 0 unspecified atom stereocenters. The van der Waals surface area contributed by atoms with E-state index in [9.17, 15) is 4.79 Å². The van der Waals surface area contributed by atoms with E-state index in [-0.39, 0.29) is 5.78 Å². The minimum Gasteiger partial charge on any atom is -0.289 e. The van der Waals surface area contributed by atoms with Gasteiger partial charge in [-0.05, 0) is 34.4 Å². The fraction of sp³-hybridized carbons (Fsp3) is 0.0952. The van der Waals surface area contributed by atoms with Gasteiger partial charge in [-0.25, -0.2) is 0 Å². The summed E-state index contributed by atoms with van der Waals surface area (Å²) >= 11 is 7.94. The second-order valence-electron chi connectivity index (χ2n) is 5.82. The molecule has 1 aliphatic heterocycles. The smallest absolute Gasteiger partial charge is 0.193 e. The van der Waals surface area contributed by atoms with Gasteiger partial charge in [-0.1, -0.05) is 66.2 Å². The third-order valence-corrected chi connectivity index (χ3v) is 5.59. The first kappa shape index (κ1) is 15.5. The lowest BCUT2D eigenvalue weighted by molar-refractivity contribution is 0.103. The molecule has 0 aromatic heterocycles. The van der Waals surface area contributed by atoms with E-state index in [0.29, 0.717) is 5.02 Å². The van der Waals surface area contributed by atoms with Crippen LogP contribution in [0.15, 0.2) is 66.7 Å². The number of halogens is 1. The molecule has 0 spiro atoms. The molecule has 1 heterocycles. The number of thioether (sulfide) groups is 1. The summed E-state index contributed by atoms with van der Waals surface area (Å²) in [4.78, 5) is 13.1. The Kier molecular flexibility index (Phi) is 4.17. The van der Waals surface area contributed by atoms with Crippen LogP contribution in [0.4, 0.5) is 0 Å². The number of ketones is 1. The molecule has 3 aromatic rings. The zero-order chi connectivity index (χ0) is 16.5. The van der Waals surface area contributed by atoms with Crippen molar-refractivity contribution in [1.82, 2.24) is 0 Å². The molecule has 3 aromatic carbocycles. The first-order valence-electron chi connectivity index (χ1n) is 7.82. The first-order chi connectivity index (χ1) is 11.7. The van der Waals surface area contributed by atoms with Crippen LogP contribution in [0.5, 0.6) is 0 Å². The second kappa shape index (κ2) is 6.46. The highest BCUT2D eigenvalue weighted by molar-refractivity contribution is 7.98. The molecule has 3 heteroatoms. The highest BCUT2D eigenvalue weighted by Crippen LogP contribution is 2.40. The third-order valence-electron chi connectivity index (χ3n) is 4.33. The maximum atomic E-state index is 13.1. The van der Waals surface area contributed by atoms with Gasteiger partial charge in [0.2, 0.25) is 0 Å². The maximum absolute atomic E-state index is 13.1. The summed E-state index contributed by atoms with van der Waals surface area (Å²) in [6.45, 7) is 0. The van der Waals surface area contributed by atoms with Crippen molar-refractivity contribution in [3.63, 3.8) is 0 Å². The van der Waals surface area contributed by atoms with Crippen LogP contribution in [-0.4, -0.2) is 5.78 Å². The number of fused-ring (bicyclic) bond motifs is 1. The highest BCUT2D eigenvalue weighted by Gasteiger charge is 2.23. The van der Waals surface area contributed by atoms with E-state index in [1.165, 1.54) is 11.1 Å². The van der Waals surface area contributed by atoms with Gasteiger partial charge < -0.3 is 0 Å². The quantitative estimate of drug-likeness (QED) is 0.540. The minimum absolute atomic E-state index is 0.0697. The lowest BCUT2D eigenvalue weighted by Crippen LogP contribution is -2.06. The van der Waals surface area contributed by atoms with Gasteiger partial charge in [0.25, 0.3) is 0 Å². The normalized spacial score (nSPS) is 12.9. The summed E-state index contributed by atoms with van der Waals surface area (Å²) in [5.74, 6) is 2.03. The van der Waals surface area contributed by atoms with E-state index in [2.05, 4.69) is 6.07 Å². The van der Waals surface area contributed by atoms with Crippen LogP contribution >= 0.6 is 23.4 Å². The molecule has 24 heavy (non-hydrogen) atoms. The number of benzene rings is 3. The van der Waals surface area contributed by atoms with Crippen molar-refractivity contribution in [3.8, 4) is 11.1 Å². The van der Waals surface area contributed by atoms with Gasteiger partial charge in [-0.15, -0.1) is 0 Å². The Hall–Kier alpha value is -2.03. The Morgan fingerprint density at radius 3 is 2.38 bits per heavy atom. The van der Waals surface area contributed by atoms with Crippen molar-refractivity contribution < 1.29 is 4.79 Å². The fourth-order valence-corrected chi connectivity index (χ4v) is 4.39. The van der Waals surface area contributed by atoms with Gasteiger partial charge >= 0.3 is 0 Å². The predicted octanol–water partition coefficient (Wildman–Crippen LogP) is 5.98. The average molecular weight is 351 g/mol. The molecule has 0 saturated heterocycles. The van der Waals surface area contributed by atoms with Crippen molar-refractivity contribution in [1.29, 1.82) is 0 Å². The third kappa shape index (κ3) is 2.77. The molecule has 118 valence electrons. The van der Waals surface area contributed by atoms with Gasteiger partial charge in [0.05, 0.1) is 0 Å². The Morgan fingerprint density at radius 2 is 1.62 bits per heavy atom. The zero-order valence-electron chi connectivity index (χ0n) is 13.0. The largest absolute Gasteiger partial charge is 0.289 e. The second-order valence-corrected chi connectivity index (χ2v) is 7.24. The van der Waals surface area contributed by atoms with Crippen LogP contribution in [0.25, 0.3) is 11.1 Å². The van der Waals surface area contributed by atoms with Crippen molar-refractivity contribution in [2.75, 3.05) is 0 Å². The lowest BCUT2D eigenvalue weighted by atomic mass is 9.88. The van der Waals surface area contributed by atoms with E-state index in [1.807, 2.05) is 72.4 Å². The number of hydrogen-bond donors (Lipinski definition) is 0. The molecule has 0 N–H and O–H groups in total. The monoisotopic (exact) mass is 350 g/mol. The number of carbonyl (C=O) groups excluding carboxylic acids is 1. The molecule has 0 bridgehead atoms. The van der Waals surface area contributed by atoms with Gasteiger partial charge in [-0.2, -0.15) is 11.8 Å². The Morgan fingerprint density at radius 1 is 0.875 bits per heavy atom. The molecular formula is C21H15ClOS. The molecule has 1 aliphatic rings. The van der Waals surface area contributed by atoms with Crippen molar-refractivity contribution >= 4 is 29.1 Å². The molecule has 0 saturated carbocycles. The van der Waals surface area contributed by atoms with E-state index in [0.717, 1.165) is 33.8 Å². The zero-order valence-corrected chi connectivity index (χ0v) is 14.5. The van der Waals surface area contributed by atoms with Gasteiger partial charge in [-0.3, -0.25) is 4.79 Å². The maximum Gasteiger partial charge on any atom is 0.193 e. The van der Waals surface area contributed by atoms with Crippen molar-refractivity contribution in [3.05, 3.63) is 94.0 Å². The van der Waals surface area contributed by atoms with Crippen LogP contribution in [0.2, 0.25) is 5.02 Å². The standard InChI is InChI=1S/C21H15ClOS/c22-17-9-6-14(7-10-17)20-18(11-8-16-12-24-13-19(16)20)21(23)15-4-2-1-3-5-15/h1-11H,12-13H2. The molecule has 4 rings (SSSR count). The molecule has 1 nitrogen and oxygen atoms in total. The Bertz CT molecular complexity index is 901. The minimum atomic E-state index is 0.0697. The average Bonchev–Trinajstić information content (AvgIpc) is 3.10. The van der Waals surface area contributed by atoms with Crippen LogP contribution in [0, 0.1) is 0 Å². The first-order valence-corrected chi connectivity index (χ1v) is 9.35. The molecule has 0 aliphatic carbocycles. The van der Waals surface area contributed by atoms with E-state index in [4.69, 9.17) is 11.6 Å². The topological polar surface area (TPSA) is 17.1 Å². The van der Waals surface area contributed by atoms with Gasteiger partial charge in [0.15, 0.2) is 5.78 Å². The summed E-state index contributed by atoms with van der Waals surface area (Å²) in [5.41, 5.74) is 6.21. The van der Waals surface area contributed by atoms with Crippen LogP contribution in [0.3, 0.4) is 0 Å². The summed E-state index contributed by atoms with van der Waals surface area (Å²) in [7, 11) is 0. The molecular weight excluding hydrogens is 336 g/mol. The van der Waals surface area contributed by atoms with Gasteiger partial charge in [0.1, 0.15) is 0 Å². The fourth-order valence-electron chi connectivity index (χ4n) is 3.13. The van der Waals surface area contributed by atoms with Crippen molar-refractivity contribution in [2.45, 2.75) is 11.5 Å². The Balaban J connectivity index is 1.91. The van der Waals surface area contributed by atoms with Gasteiger partial charge in [0, 0.05) is 27.7 Å². The SMILES string of the molecule is O=C(c1ccccc1)c1ccc2c(c1-c1ccc(Cl)cc1)CSC2. The van der Waals surface area contributed by atoms with E-state index < -0.39 is 0 Å². The summed E-state index contributed by atoms with van der Waals surface area (Å²) < 4.78 is 0. The number of rotatable bonds is 3.